The number of anilines is 2. The van der Waals surface area contributed by atoms with Gasteiger partial charge in [-0.05, 0) is 32.4 Å². The summed E-state index contributed by atoms with van der Waals surface area (Å²) in [6.45, 7) is 6.29. The number of benzene rings is 1. The van der Waals surface area contributed by atoms with Gasteiger partial charge in [0.05, 0.1) is 15.7 Å². The molecular weight excluding hydrogens is 231 g/mol. The predicted octanol–water partition coefficient (Wildman–Crippen LogP) is 4.18. The van der Waals surface area contributed by atoms with E-state index in [0.29, 0.717) is 15.7 Å². The maximum atomic E-state index is 6.07. The van der Waals surface area contributed by atoms with E-state index >= 15 is 0 Å². The molecule has 0 aromatic heterocycles. The largest absolute Gasteiger partial charge is 0.399 e. The summed E-state index contributed by atoms with van der Waals surface area (Å²) in [5, 5.41) is 4.43. The maximum absolute atomic E-state index is 6.07. The molecule has 0 unspecified atom stereocenters. The third-order valence-electron chi connectivity index (χ3n) is 2.41. The van der Waals surface area contributed by atoms with Crippen LogP contribution >= 0.6 is 23.2 Å². The van der Waals surface area contributed by atoms with E-state index in [1.165, 1.54) is 0 Å². The molecule has 0 aliphatic carbocycles. The lowest BCUT2D eigenvalue weighted by Crippen LogP contribution is -2.29. The van der Waals surface area contributed by atoms with Gasteiger partial charge in [-0.1, -0.05) is 30.1 Å². The van der Waals surface area contributed by atoms with E-state index in [2.05, 4.69) is 26.1 Å². The van der Waals surface area contributed by atoms with Crippen molar-refractivity contribution in [2.75, 3.05) is 11.1 Å². The molecular formula is C11H16Cl2N2. The number of hydrogen-bond donors (Lipinski definition) is 2. The molecule has 0 atom stereocenters. The highest BCUT2D eigenvalue weighted by molar-refractivity contribution is 6.39. The number of nitrogen functional groups attached to an aromatic ring is 1. The molecule has 0 heterocycles. The molecule has 0 fully saturated rings. The Kier molecular flexibility index (Phi) is 3.74. The summed E-state index contributed by atoms with van der Waals surface area (Å²) in [6, 6.07) is 3.39. The minimum absolute atomic E-state index is 0.0383. The van der Waals surface area contributed by atoms with E-state index in [1.807, 2.05) is 0 Å². The summed E-state index contributed by atoms with van der Waals surface area (Å²) >= 11 is 12.1. The van der Waals surface area contributed by atoms with Crippen LogP contribution in [0.25, 0.3) is 0 Å². The first-order valence-corrected chi connectivity index (χ1v) is 5.64. The van der Waals surface area contributed by atoms with Gasteiger partial charge in [0.2, 0.25) is 0 Å². The number of hydrogen-bond acceptors (Lipinski definition) is 2. The molecule has 0 aliphatic rings. The first-order chi connectivity index (χ1) is 6.85. The third-order valence-corrected chi connectivity index (χ3v) is 3.01. The topological polar surface area (TPSA) is 38.0 Å². The Hall–Kier alpha value is -0.600. The highest BCUT2D eigenvalue weighted by Gasteiger charge is 2.18. The minimum Gasteiger partial charge on any atom is -0.399 e. The average Bonchev–Trinajstić information content (AvgIpc) is 2.11. The summed E-state index contributed by atoms with van der Waals surface area (Å²) in [6.07, 6.45) is 0.976. The molecule has 0 saturated heterocycles. The standard InChI is InChI=1S/C11H16Cl2N2/c1-4-11(2,3)15-10-8(12)5-7(14)6-9(10)13/h5-6,15H,4,14H2,1-3H3. The molecule has 3 N–H and O–H groups in total. The molecule has 84 valence electrons. The van der Waals surface area contributed by atoms with E-state index in [4.69, 9.17) is 28.9 Å². The van der Waals surface area contributed by atoms with Crippen LogP contribution in [0.4, 0.5) is 11.4 Å². The van der Waals surface area contributed by atoms with Crippen LogP contribution in [0.1, 0.15) is 27.2 Å². The first-order valence-electron chi connectivity index (χ1n) is 4.88. The zero-order valence-electron chi connectivity index (χ0n) is 9.20. The molecule has 0 spiro atoms. The summed E-state index contributed by atoms with van der Waals surface area (Å²) in [5.74, 6) is 0. The van der Waals surface area contributed by atoms with Crippen LogP contribution < -0.4 is 11.1 Å². The number of halogens is 2. The summed E-state index contributed by atoms with van der Waals surface area (Å²) in [7, 11) is 0. The number of nitrogens with one attached hydrogen (secondary N) is 1. The Morgan fingerprint density at radius 3 is 2.13 bits per heavy atom. The smallest absolute Gasteiger partial charge is 0.0724 e. The monoisotopic (exact) mass is 246 g/mol. The molecule has 0 radical (unpaired) electrons. The fourth-order valence-corrected chi connectivity index (χ4v) is 1.74. The SMILES string of the molecule is CCC(C)(C)Nc1c(Cl)cc(N)cc1Cl. The Labute approximate surface area is 101 Å². The van der Waals surface area contributed by atoms with E-state index in [-0.39, 0.29) is 5.54 Å². The lowest BCUT2D eigenvalue weighted by atomic mass is 10.0. The Bertz CT molecular complexity index is 339. The van der Waals surface area contributed by atoms with Crippen LogP contribution in [0.15, 0.2) is 12.1 Å². The van der Waals surface area contributed by atoms with Crippen molar-refractivity contribution in [2.24, 2.45) is 0 Å². The quantitative estimate of drug-likeness (QED) is 0.786. The fourth-order valence-electron chi connectivity index (χ4n) is 1.14. The molecule has 15 heavy (non-hydrogen) atoms. The molecule has 4 heteroatoms. The van der Waals surface area contributed by atoms with Crippen molar-refractivity contribution < 1.29 is 0 Å². The van der Waals surface area contributed by atoms with Gasteiger partial charge < -0.3 is 11.1 Å². The van der Waals surface area contributed by atoms with E-state index in [9.17, 15) is 0 Å². The molecule has 0 saturated carbocycles. The van der Waals surface area contributed by atoms with Crippen molar-refractivity contribution in [3.63, 3.8) is 0 Å². The van der Waals surface area contributed by atoms with Crippen molar-refractivity contribution in [3.05, 3.63) is 22.2 Å². The zero-order valence-corrected chi connectivity index (χ0v) is 10.7. The van der Waals surface area contributed by atoms with E-state index in [1.54, 1.807) is 12.1 Å². The van der Waals surface area contributed by atoms with Crippen molar-refractivity contribution in [2.45, 2.75) is 32.7 Å². The molecule has 1 aromatic carbocycles. The van der Waals surface area contributed by atoms with Crippen molar-refractivity contribution in [1.29, 1.82) is 0 Å². The van der Waals surface area contributed by atoms with E-state index in [0.717, 1.165) is 12.1 Å². The normalized spacial score (nSPS) is 11.5. The highest BCUT2D eigenvalue weighted by atomic mass is 35.5. The van der Waals surface area contributed by atoms with Gasteiger partial charge >= 0.3 is 0 Å². The van der Waals surface area contributed by atoms with Crippen LogP contribution in [0, 0.1) is 0 Å². The average molecular weight is 247 g/mol. The van der Waals surface area contributed by atoms with Gasteiger partial charge in [-0.2, -0.15) is 0 Å². The first kappa shape index (κ1) is 12.5. The Balaban J connectivity index is 3.05. The lowest BCUT2D eigenvalue weighted by molar-refractivity contribution is 0.547. The second-order valence-electron chi connectivity index (χ2n) is 4.22. The summed E-state index contributed by atoms with van der Waals surface area (Å²) in [5.41, 5.74) is 6.91. The molecule has 2 nitrogen and oxygen atoms in total. The Morgan fingerprint density at radius 1 is 1.27 bits per heavy atom. The summed E-state index contributed by atoms with van der Waals surface area (Å²) in [4.78, 5) is 0. The van der Waals surface area contributed by atoms with Gasteiger partial charge in [0.25, 0.3) is 0 Å². The lowest BCUT2D eigenvalue weighted by Gasteiger charge is -2.27. The van der Waals surface area contributed by atoms with Gasteiger partial charge in [-0.25, -0.2) is 0 Å². The van der Waals surface area contributed by atoms with Gasteiger partial charge in [0.15, 0.2) is 0 Å². The van der Waals surface area contributed by atoms with Crippen molar-refractivity contribution in [3.8, 4) is 0 Å². The van der Waals surface area contributed by atoms with Gasteiger partial charge in [0.1, 0.15) is 0 Å². The van der Waals surface area contributed by atoms with Crippen LogP contribution in [-0.4, -0.2) is 5.54 Å². The van der Waals surface area contributed by atoms with Crippen LogP contribution in [0.3, 0.4) is 0 Å². The van der Waals surface area contributed by atoms with E-state index < -0.39 is 0 Å². The second kappa shape index (κ2) is 4.50. The predicted molar refractivity (Wildman–Crippen MR) is 68.9 cm³/mol. The zero-order chi connectivity index (χ0) is 11.6. The Morgan fingerprint density at radius 2 is 1.73 bits per heavy atom. The minimum atomic E-state index is -0.0383. The molecule has 1 aromatic rings. The molecule has 1 rings (SSSR count). The number of nitrogens with two attached hydrogens (primary N) is 1. The van der Waals surface area contributed by atoms with Crippen LogP contribution in [-0.2, 0) is 0 Å². The maximum Gasteiger partial charge on any atom is 0.0724 e. The molecule has 0 bridgehead atoms. The van der Waals surface area contributed by atoms with Crippen LogP contribution in [0.2, 0.25) is 10.0 Å². The van der Waals surface area contributed by atoms with Crippen molar-refractivity contribution >= 4 is 34.6 Å². The van der Waals surface area contributed by atoms with Gasteiger partial charge in [-0.15, -0.1) is 0 Å². The number of rotatable bonds is 3. The van der Waals surface area contributed by atoms with Gasteiger partial charge in [-0.3, -0.25) is 0 Å². The molecule has 0 amide bonds. The summed E-state index contributed by atoms with van der Waals surface area (Å²) < 4.78 is 0. The highest BCUT2D eigenvalue weighted by Crippen LogP contribution is 2.35. The van der Waals surface area contributed by atoms with Gasteiger partial charge in [0, 0.05) is 11.2 Å². The van der Waals surface area contributed by atoms with Crippen molar-refractivity contribution in [1.82, 2.24) is 0 Å². The fraction of sp³-hybridized carbons (Fsp3) is 0.455. The molecule has 0 aliphatic heterocycles. The third kappa shape index (κ3) is 3.18. The van der Waals surface area contributed by atoms with Crippen LogP contribution in [0.5, 0.6) is 0 Å². The second-order valence-corrected chi connectivity index (χ2v) is 5.04.